The number of fused-ring (bicyclic) bond motifs is 1. The third kappa shape index (κ3) is 2.25. The topological polar surface area (TPSA) is 52.0 Å². The van der Waals surface area contributed by atoms with E-state index in [0.717, 1.165) is 37.3 Å². The molecule has 1 saturated heterocycles. The molecule has 1 unspecified atom stereocenters. The maximum Gasteiger partial charge on any atom is 0.150 e. The third-order valence-corrected chi connectivity index (χ3v) is 5.63. The molecule has 0 radical (unpaired) electrons. The molecule has 2 aliphatic heterocycles. The van der Waals surface area contributed by atoms with Crippen LogP contribution in [0.4, 0.5) is 0 Å². The number of nitrogens with zero attached hydrogens (tertiary/aromatic N) is 2. The first-order valence-electron chi connectivity index (χ1n) is 6.40. The second kappa shape index (κ2) is 4.12. The van der Waals surface area contributed by atoms with Crippen LogP contribution in [0.15, 0.2) is 6.20 Å². The highest BCUT2D eigenvalue weighted by molar-refractivity contribution is 7.91. The first-order valence-corrected chi connectivity index (χ1v) is 8.22. The highest BCUT2D eigenvalue weighted by Crippen LogP contribution is 2.28. The average Bonchev–Trinajstić information content (AvgIpc) is 2.71. The van der Waals surface area contributed by atoms with Crippen molar-refractivity contribution in [3.63, 3.8) is 0 Å². The van der Waals surface area contributed by atoms with Crippen molar-refractivity contribution in [3.8, 4) is 0 Å². The lowest BCUT2D eigenvalue weighted by Crippen LogP contribution is -2.23. The number of aryl methyl sites for hydroxylation is 2. The minimum atomic E-state index is -2.83. The van der Waals surface area contributed by atoms with E-state index >= 15 is 0 Å². The van der Waals surface area contributed by atoms with Crippen molar-refractivity contribution in [2.75, 3.05) is 11.5 Å². The Morgan fingerprint density at radius 2 is 2.18 bits per heavy atom. The number of imidazole rings is 1. The molecule has 1 fully saturated rings. The van der Waals surface area contributed by atoms with Crippen LogP contribution in [0.1, 0.15) is 43.1 Å². The molecule has 0 saturated carbocycles. The molecule has 1 aromatic heterocycles. The van der Waals surface area contributed by atoms with Gasteiger partial charge in [0.2, 0.25) is 0 Å². The van der Waals surface area contributed by atoms with Crippen LogP contribution in [0.5, 0.6) is 0 Å². The van der Waals surface area contributed by atoms with Crippen molar-refractivity contribution >= 4 is 9.84 Å². The summed E-state index contributed by atoms with van der Waals surface area (Å²) in [6.45, 7) is 1.04. The second-order valence-corrected chi connectivity index (χ2v) is 7.41. The van der Waals surface area contributed by atoms with Crippen molar-refractivity contribution in [2.24, 2.45) is 0 Å². The van der Waals surface area contributed by atoms with Crippen molar-refractivity contribution < 1.29 is 8.42 Å². The van der Waals surface area contributed by atoms with Gasteiger partial charge in [-0.3, -0.25) is 0 Å². The van der Waals surface area contributed by atoms with Gasteiger partial charge >= 0.3 is 0 Å². The standard InChI is InChI=1S/C12H18N2O2S/c15-17(16)7-3-4-10(9-17)11-8-14-6-2-1-5-12(14)13-11/h8,10H,1-7,9H2. The predicted octanol–water partition coefficient (Wildman–Crippen LogP) is 1.51. The fourth-order valence-corrected chi connectivity index (χ4v) is 4.61. The van der Waals surface area contributed by atoms with E-state index in [4.69, 9.17) is 0 Å². The molecule has 0 spiro atoms. The Bertz CT molecular complexity index is 495. The molecular weight excluding hydrogens is 236 g/mol. The number of sulfone groups is 1. The quantitative estimate of drug-likeness (QED) is 0.763. The van der Waals surface area contributed by atoms with Crippen molar-refractivity contribution in [3.05, 3.63) is 17.7 Å². The van der Waals surface area contributed by atoms with Gasteiger partial charge in [0.05, 0.1) is 17.2 Å². The Morgan fingerprint density at radius 1 is 1.29 bits per heavy atom. The van der Waals surface area contributed by atoms with Crippen molar-refractivity contribution in [1.82, 2.24) is 9.55 Å². The lowest BCUT2D eigenvalue weighted by atomic mass is 10.0. The minimum absolute atomic E-state index is 0.131. The van der Waals surface area contributed by atoms with Gasteiger partial charge < -0.3 is 4.57 Å². The molecule has 5 heteroatoms. The van der Waals surface area contributed by atoms with Gasteiger partial charge in [-0.15, -0.1) is 0 Å². The molecule has 4 nitrogen and oxygen atoms in total. The van der Waals surface area contributed by atoms with Crippen LogP contribution >= 0.6 is 0 Å². The summed E-state index contributed by atoms with van der Waals surface area (Å²) in [4.78, 5) is 4.64. The fraction of sp³-hybridized carbons (Fsp3) is 0.750. The van der Waals surface area contributed by atoms with Crippen molar-refractivity contribution in [1.29, 1.82) is 0 Å². The monoisotopic (exact) mass is 254 g/mol. The van der Waals surface area contributed by atoms with E-state index in [1.54, 1.807) is 0 Å². The predicted molar refractivity (Wildman–Crippen MR) is 65.8 cm³/mol. The number of rotatable bonds is 1. The maximum atomic E-state index is 11.6. The number of hydrogen-bond donors (Lipinski definition) is 0. The first-order chi connectivity index (χ1) is 8.14. The van der Waals surface area contributed by atoms with E-state index in [1.165, 1.54) is 12.8 Å². The van der Waals surface area contributed by atoms with Gasteiger partial charge in [-0.25, -0.2) is 13.4 Å². The molecule has 3 heterocycles. The van der Waals surface area contributed by atoms with Gasteiger partial charge in [0.1, 0.15) is 5.82 Å². The largest absolute Gasteiger partial charge is 0.335 e. The molecule has 94 valence electrons. The molecule has 0 aromatic carbocycles. The molecular formula is C12H18N2O2S. The Kier molecular flexibility index (Phi) is 2.73. The zero-order valence-corrected chi connectivity index (χ0v) is 10.7. The van der Waals surface area contributed by atoms with E-state index in [-0.39, 0.29) is 5.92 Å². The average molecular weight is 254 g/mol. The van der Waals surface area contributed by atoms with Crippen LogP contribution in [0.2, 0.25) is 0 Å². The van der Waals surface area contributed by atoms with Crippen LogP contribution in [0, 0.1) is 0 Å². The van der Waals surface area contributed by atoms with E-state index in [1.807, 2.05) is 0 Å². The third-order valence-electron chi connectivity index (χ3n) is 3.81. The molecule has 0 amide bonds. The maximum absolute atomic E-state index is 11.6. The number of hydrogen-bond acceptors (Lipinski definition) is 3. The lowest BCUT2D eigenvalue weighted by molar-refractivity contribution is 0.522. The fourth-order valence-electron chi connectivity index (χ4n) is 2.89. The first kappa shape index (κ1) is 11.3. The van der Waals surface area contributed by atoms with Gasteiger partial charge in [0.25, 0.3) is 0 Å². The summed E-state index contributed by atoms with van der Waals surface area (Å²) >= 11 is 0. The summed E-state index contributed by atoms with van der Waals surface area (Å²) in [5, 5.41) is 0. The molecule has 3 rings (SSSR count). The Hall–Kier alpha value is -0.840. The summed E-state index contributed by atoms with van der Waals surface area (Å²) in [6, 6.07) is 0. The van der Waals surface area contributed by atoms with Crippen LogP contribution < -0.4 is 0 Å². The van der Waals surface area contributed by atoms with Gasteiger partial charge in [-0.2, -0.15) is 0 Å². The van der Waals surface area contributed by atoms with Crippen LogP contribution in [-0.2, 0) is 22.8 Å². The molecule has 1 atom stereocenters. The molecule has 0 N–H and O–H groups in total. The van der Waals surface area contributed by atoms with Crippen LogP contribution in [-0.4, -0.2) is 29.5 Å². The summed E-state index contributed by atoms with van der Waals surface area (Å²) in [5.41, 5.74) is 1.00. The summed E-state index contributed by atoms with van der Waals surface area (Å²) < 4.78 is 25.5. The van der Waals surface area contributed by atoms with E-state index < -0.39 is 9.84 Å². The SMILES string of the molecule is O=S1(=O)CCCC(c2cn3c(n2)CCCC3)C1. The molecule has 1 aromatic rings. The highest BCUT2D eigenvalue weighted by Gasteiger charge is 2.28. The second-order valence-electron chi connectivity index (χ2n) is 5.19. The van der Waals surface area contributed by atoms with Gasteiger partial charge in [0.15, 0.2) is 9.84 Å². The smallest absolute Gasteiger partial charge is 0.150 e. The minimum Gasteiger partial charge on any atom is -0.335 e. The van der Waals surface area contributed by atoms with Gasteiger partial charge in [-0.1, -0.05) is 0 Å². The molecule has 2 aliphatic rings. The normalized spacial score (nSPS) is 27.6. The summed E-state index contributed by atoms with van der Waals surface area (Å²) in [6.07, 6.45) is 7.30. The summed E-state index contributed by atoms with van der Waals surface area (Å²) in [5.74, 6) is 1.93. The number of aromatic nitrogens is 2. The molecule has 17 heavy (non-hydrogen) atoms. The molecule has 0 aliphatic carbocycles. The van der Waals surface area contributed by atoms with Crippen LogP contribution in [0.3, 0.4) is 0 Å². The molecule has 0 bridgehead atoms. The van der Waals surface area contributed by atoms with E-state index in [2.05, 4.69) is 15.7 Å². The van der Waals surface area contributed by atoms with E-state index in [9.17, 15) is 8.42 Å². The van der Waals surface area contributed by atoms with Crippen LogP contribution in [0.25, 0.3) is 0 Å². The Morgan fingerprint density at radius 3 is 2.94 bits per heavy atom. The summed E-state index contributed by atoms with van der Waals surface area (Å²) in [7, 11) is -2.83. The van der Waals surface area contributed by atoms with Gasteiger partial charge in [0, 0.05) is 25.1 Å². The van der Waals surface area contributed by atoms with E-state index in [0.29, 0.717) is 11.5 Å². The highest BCUT2D eigenvalue weighted by atomic mass is 32.2. The van der Waals surface area contributed by atoms with Gasteiger partial charge in [-0.05, 0) is 25.7 Å². The zero-order valence-electron chi connectivity index (χ0n) is 9.93. The van der Waals surface area contributed by atoms with Crippen molar-refractivity contribution in [2.45, 2.75) is 44.6 Å². The zero-order chi connectivity index (χ0) is 11.9. The Balaban J connectivity index is 1.86. The Labute approximate surface area is 102 Å². The lowest BCUT2D eigenvalue weighted by Gasteiger charge is -2.19.